The topological polar surface area (TPSA) is 83.6 Å². The predicted molar refractivity (Wildman–Crippen MR) is 40.8 cm³/mol. The van der Waals surface area contributed by atoms with Gasteiger partial charge in [-0.15, -0.1) is 0 Å². The van der Waals surface area contributed by atoms with Gasteiger partial charge < -0.3 is 10.8 Å². The molecule has 71 valence electrons. The molecule has 0 saturated heterocycles. The third-order valence-electron chi connectivity index (χ3n) is 0.950. The molecular weight excluding hydrogens is 213 g/mol. The van der Waals surface area contributed by atoms with Crippen molar-refractivity contribution < 1.29 is 29.9 Å². The van der Waals surface area contributed by atoms with Gasteiger partial charge in [0.15, 0.2) is 0 Å². The van der Waals surface area contributed by atoms with Crippen LogP contribution >= 0.6 is 11.8 Å². The van der Waals surface area contributed by atoms with Crippen molar-refractivity contribution >= 4 is 17.7 Å². The molecule has 1 unspecified atom stereocenters. The van der Waals surface area contributed by atoms with Crippen LogP contribution < -0.4 is 5.73 Å². The molecule has 0 saturated carbocycles. The van der Waals surface area contributed by atoms with E-state index in [2.05, 4.69) is 15.8 Å². The summed E-state index contributed by atoms with van der Waals surface area (Å²) >= 11 is 4.48. The second kappa shape index (κ2) is 10.2. The van der Waals surface area contributed by atoms with Gasteiger partial charge in [0.1, 0.15) is 6.04 Å². The van der Waals surface area contributed by atoms with E-state index in [4.69, 9.17) is 15.1 Å². The van der Waals surface area contributed by atoms with E-state index in [9.17, 15) is 4.79 Å². The van der Waals surface area contributed by atoms with Gasteiger partial charge in [0.2, 0.25) is 0 Å². The Morgan fingerprint density at radius 3 is 2.45 bits per heavy atom. The number of carbonyl (C=O) groups is 1. The normalized spacial score (nSPS) is 11.4. The molecule has 0 aliphatic heterocycles. The summed E-state index contributed by atoms with van der Waals surface area (Å²) in [7, 11) is 0. The van der Waals surface area contributed by atoms with E-state index in [1.807, 2.05) is 6.26 Å². The summed E-state index contributed by atoms with van der Waals surface area (Å²) in [6, 6.07) is -0.683. The molecule has 0 radical (unpaired) electrons. The van der Waals surface area contributed by atoms with Crippen molar-refractivity contribution in [3.8, 4) is 0 Å². The molecule has 6 heteroatoms. The van der Waals surface area contributed by atoms with Crippen LogP contribution in [0, 0.1) is 0 Å². The fraction of sp³-hybridized carbons (Fsp3) is 0.800. The maximum absolute atomic E-state index is 10.1. The van der Waals surface area contributed by atoms with Gasteiger partial charge in [-0.3, -0.25) is 4.79 Å². The molecule has 0 aromatic rings. The monoisotopic (exact) mass is 224 g/mol. The van der Waals surface area contributed by atoms with Crippen molar-refractivity contribution in [2.45, 2.75) is 12.5 Å². The minimum absolute atomic E-state index is 0.552. The van der Waals surface area contributed by atoms with Crippen LogP contribution in [-0.2, 0) is 20.6 Å². The molecule has 0 aromatic heterocycles. The Morgan fingerprint density at radius 2 is 2.18 bits per heavy atom. The molecule has 1 atom stereocenters. The summed E-state index contributed by atoms with van der Waals surface area (Å²) in [6.07, 6.45) is 2.48. The molecule has 0 bridgehead atoms. The van der Waals surface area contributed by atoms with Crippen molar-refractivity contribution in [2.75, 3.05) is 12.0 Å². The molecule has 0 heterocycles. The molecule has 0 rings (SSSR count). The number of hydrogen-bond acceptors (Lipinski definition) is 4. The first-order chi connectivity index (χ1) is 5.18. The Kier molecular flexibility index (Phi) is 12.8. The maximum atomic E-state index is 10.1. The van der Waals surface area contributed by atoms with E-state index in [-0.39, 0.29) is 0 Å². The van der Waals surface area contributed by atoms with Crippen molar-refractivity contribution in [1.29, 1.82) is 0 Å². The molecule has 0 amide bonds. The summed E-state index contributed by atoms with van der Waals surface area (Å²) < 4.78 is 6.62. The summed E-state index contributed by atoms with van der Waals surface area (Å²) in [5.74, 6) is -0.1000. The van der Waals surface area contributed by atoms with Gasteiger partial charge in [0.05, 0.1) is 0 Å². The van der Waals surface area contributed by atoms with Gasteiger partial charge in [-0.25, -0.2) is 0 Å². The van der Waals surface area contributed by atoms with Crippen molar-refractivity contribution in [3.05, 3.63) is 0 Å². The first-order valence-corrected chi connectivity index (χ1v) is 4.63. The average molecular weight is 225 g/mol. The summed E-state index contributed by atoms with van der Waals surface area (Å²) in [5, 5.41) is 8.27. The molecule has 4 nitrogen and oxygen atoms in total. The molecule has 0 spiro atoms. The van der Waals surface area contributed by atoms with Gasteiger partial charge in [-0.2, -0.15) is 11.8 Å². The van der Waals surface area contributed by atoms with Crippen LogP contribution in [0.4, 0.5) is 0 Å². The quantitative estimate of drug-likeness (QED) is 0.566. The third-order valence-corrected chi connectivity index (χ3v) is 1.59. The van der Waals surface area contributed by atoms with Gasteiger partial charge in [-0.05, 0) is 18.4 Å². The molecule has 0 aliphatic rings. The Bertz CT molecular complexity index is 104. The van der Waals surface area contributed by atoms with Crippen LogP contribution in [0.2, 0.25) is 0 Å². The van der Waals surface area contributed by atoms with Crippen LogP contribution in [0.25, 0.3) is 0 Å². The Balaban J connectivity index is 0. The standard InChI is InChI=1S/C5H11NO2S.Ni.H2O/c1-9-3-2-4(6)5(7)8;;/h4H,2-3,6H2,1H3,(H,7,8);;1H2/q;+1;/p-1. The van der Waals surface area contributed by atoms with E-state index in [1.165, 1.54) is 0 Å². The first kappa shape index (κ1) is 13.8. The van der Waals surface area contributed by atoms with Gasteiger partial charge in [0.25, 0.3) is 0 Å². The number of hydrogen-bond donors (Lipinski definition) is 3. The number of thioether (sulfide) groups is 1. The molecule has 4 N–H and O–H groups in total. The van der Waals surface area contributed by atoms with Crippen molar-refractivity contribution in [1.82, 2.24) is 0 Å². The molecular formula is C5H12NNiO3S. The van der Waals surface area contributed by atoms with E-state index < -0.39 is 12.0 Å². The number of rotatable bonds is 4. The first-order valence-electron chi connectivity index (χ1n) is 2.80. The van der Waals surface area contributed by atoms with Crippen LogP contribution in [0.1, 0.15) is 6.42 Å². The zero-order chi connectivity index (χ0) is 9.28. The van der Waals surface area contributed by atoms with Gasteiger partial charge >= 0.3 is 26.0 Å². The van der Waals surface area contributed by atoms with Crippen LogP contribution in [-0.4, -0.2) is 33.4 Å². The number of aliphatic carboxylic acids is 1. The number of carboxylic acids is 1. The molecule has 0 fully saturated rings. The number of nitrogens with two attached hydrogens (primary N) is 1. The second-order valence-corrected chi connectivity index (χ2v) is 2.71. The van der Waals surface area contributed by atoms with Gasteiger partial charge in [-0.1, -0.05) is 0 Å². The van der Waals surface area contributed by atoms with E-state index in [0.29, 0.717) is 6.42 Å². The zero-order valence-electron chi connectivity index (χ0n) is 6.10. The Labute approximate surface area is 78.2 Å². The molecule has 11 heavy (non-hydrogen) atoms. The zero-order valence-corrected chi connectivity index (χ0v) is 7.90. The van der Waals surface area contributed by atoms with Crippen molar-refractivity contribution in [3.63, 3.8) is 0 Å². The summed E-state index contributed by atoms with van der Waals surface area (Å²) in [6.45, 7) is 0. The van der Waals surface area contributed by atoms with Crippen molar-refractivity contribution in [2.24, 2.45) is 5.73 Å². The van der Waals surface area contributed by atoms with Gasteiger partial charge in [0, 0.05) is 0 Å². The average Bonchev–Trinajstić information content (AvgIpc) is 2.03. The van der Waals surface area contributed by atoms with E-state index in [1.54, 1.807) is 11.8 Å². The number of carboxylic acid groups (broad SMARTS) is 1. The van der Waals surface area contributed by atoms with Crippen LogP contribution in [0.5, 0.6) is 0 Å². The molecule has 0 aromatic carbocycles. The SMILES string of the molecule is CSCCC(N)C(=O)O.[OH][Ni]. The second-order valence-electron chi connectivity index (χ2n) is 1.73. The van der Waals surface area contributed by atoms with E-state index >= 15 is 0 Å². The Morgan fingerprint density at radius 1 is 1.73 bits per heavy atom. The van der Waals surface area contributed by atoms with Crippen LogP contribution in [0.3, 0.4) is 0 Å². The third kappa shape index (κ3) is 10.2. The Hall–Kier alpha value is 0.234. The minimum atomic E-state index is -0.913. The summed E-state index contributed by atoms with van der Waals surface area (Å²) in [4.78, 5) is 10.1. The fourth-order valence-corrected chi connectivity index (χ4v) is 0.858. The predicted octanol–water partition coefficient (Wildman–Crippen LogP) is -0.408. The van der Waals surface area contributed by atoms with E-state index in [0.717, 1.165) is 5.75 Å². The fourth-order valence-electron chi connectivity index (χ4n) is 0.368. The van der Waals surface area contributed by atoms with Crippen LogP contribution in [0.15, 0.2) is 0 Å². The summed E-state index contributed by atoms with van der Waals surface area (Å²) in [5.41, 5.74) is 5.19. The molecule has 0 aliphatic carbocycles.